The lowest BCUT2D eigenvalue weighted by Crippen LogP contribution is -2.42. The van der Waals surface area contributed by atoms with E-state index in [0.29, 0.717) is 0 Å². The number of rotatable bonds is 5. The third kappa shape index (κ3) is 3.89. The molecule has 4 heteroatoms. The molecular weight excluding hydrogens is 362 g/mol. The van der Waals surface area contributed by atoms with Crippen LogP contribution in [-0.2, 0) is 4.74 Å². The van der Waals surface area contributed by atoms with E-state index in [0.717, 1.165) is 5.56 Å². The van der Waals surface area contributed by atoms with Gasteiger partial charge in [-0.25, -0.2) is 4.79 Å². The Kier molecular flexibility index (Phi) is 5.12. The molecule has 0 radical (unpaired) electrons. The number of ether oxygens (including phenoxy) is 1. The number of aliphatic hydroxyl groups is 1. The monoisotopic (exact) mass is 387 g/mol. The minimum atomic E-state index is -1.13. The molecule has 0 fully saturated rings. The Morgan fingerprint density at radius 3 is 2.00 bits per heavy atom. The zero-order chi connectivity index (χ0) is 20.4. The number of alkyl carbamates (subject to hydrolysis) is 1. The number of amides is 1. The molecule has 4 rings (SSSR count). The molecule has 0 saturated carbocycles. The standard InChI is InChI=1S/C25H25NO3/c1-25(2,28)23(17-10-4-3-5-11-17)26-24(27)29-16-22-20-14-8-6-12-18(20)19-13-7-9-15-21(19)22/h3-15,22-23,28H,16H2,1-2H3,(H,26,27). The van der Waals surface area contributed by atoms with Crippen molar-refractivity contribution in [2.75, 3.05) is 6.61 Å². The smallest absolute Gasteiger partial charge is 0.407 e. The van der Waals surface area contributed by atoms with Crippen LogP contribution in [0, 0.1) is 0 Å². The summed E-state index contributed by atoms with van der Waals surface area (Å²) in [5.41, 5.74) is 4.42. The summed E-state index contributed by atoms with van der Waals surface area (Å²) in [4.78, 5) is 12.6. The largest absolute Gasteiger partial charge is 0.449 e. The van der Waals surface area contributed by atoms with Gasteiger partial charge in [0.1, 0.15) is 6.61 Å². The molecule has 1 atom stereocenters. The summed E-state index contributed by atoms with van der Waals surface area (Å²) in [5.74, 6) is 0.00506. The third-order valence-corrected chi connectivity index (χ3v) is 5.45. The second-order valence-corrected chi connectivity index (χ2v) is 7.97. The van der Waals surface area contributed by atoms with Crippen LogP contribution in [0.15, 0.2) is 78.9 Å². The van der Waals surface area contributed by atoms with Gasteiger partial charge in [0.05, 0.1) is 11.6 Å². The second-order valence-electron chi connectivity index (χ2n) is 7.97. The maximum atomic E-state index is 12.6. The molecule has 1 unspecified atom stereocenters. The van der Waals surface area contributed by atoms with E-state index in [-0.39, 0.29) is 12.5 Å². The molecule has 0 bridgehead atoms. The van der Waals surface area contributed by atoms with Crippen molar-refractivity contribution in [1.82, 2.24) is 5.32 Å². The van der Waals surface area contributed by atoms with Crippen LogP contribution in [-0.4, -0.2) is 23.4 Å². The van der Waals surface area contributed by atoms with Gasteiger partial charge in [0.25, 0.3) is 0 Å². The lowest BCUT2D eigenvalue weighted by atomic mass is 9.92. The van der Waals surface area contributed by atoms with Gasteiger partial charge in [-0.1, -0.05) is 78.9 Å². The Hall–Kier alpha value is -3.11. The molecule has 3 aromatic carbocycles. The number of carbonyl (C=O) groups excluding carboxylic acids is 1. The van der Waals surface area contributed by atoms with E-state index < -0.39 is 17.7 Å². The first-order valence-corrected chi connectivity index (χ1v) is 9.84. The van der Waals surface area contributed by atoms with Crippen LogP contribution in [0.3, 0.4) is 0 Å². The van der Waals surface area contributed by atoms with Crippen molar-refractivity contribution in [2.45, 2.75) is 31.4 Å². The predicted octanol–water partition coefficient (Wildman–Crippen LogP) is 5.04. The predicted molar refractivity (Wildman–Crippen MR) is 114 cm³/mol. The summed E-state index contributed by atoms with van der Waals surface area (Å²) in [7, 11) is 0. The Bertz CT molecular complexity index is 962. The Balaban J connectivity index is 1.50. The van der Waals surface area contributed by atoms with Gasteiger partial charge in [0, 0.05) is 5.92 Å². The highest BCUT2D eigenvalue weighted by Gasteiger charge is 2.32. The number of fused-ring (bicyclic) bond motifs is 3. The molecule has 0 heterocycles. The molecule has 1 amide bonds. The van der Waals surface area contributed by atoms with E-state index in [1.165, 1.54) is 22.3 Å². The zero-order valence-corrected chi connectivity index (χ0v) is 16.6. The summed E-state index contributed by atoms with van der Waals surface area (Å²) in [5, 5.41) is 13.4. The average Bonchev–Trinajstić information content (AvgIpc) is 3.04. The van der Waals surface area contributed by atoms with E-state index in [2.05, 4.69) is 29.6 Å². The quantitative estimate of drug-likeness (QED) is 0.645. The van der Waals surface area contributed by atoms with Crippen LogP contribution in [0.25, 0.3) is 11.1 Å². The highest BCUT2D eigenvalue weighted by atomic mass is 16.5. The van der Waals surface area contributed by atoms with Crippen molar-refractivity contribution in [3.05, 3.63) is 95.6 Å². The number of benzene rings is 3. The molecule has 0 aromatic heterocycles. The maximum Gasteiger partial charge on any atom is 0.407 e. The molecule has 3 aromatic rings. The van der Waals surface area contributed by atoms with E-state index in [9.17, 15) is 9.90 Å². The number of hydrogen-bond acceptors (Lipinski definition) is 3. The van der Waals surface area contributed by atoms with Crippen molar-refractivity contribution in [3.8, 4) is 11.1 Å². The second kappa shape index (κ2) is 7.72. The van der Waals surface area contributed by atoms with E-state index in [4.69, 9.17) is 4.74 Å². The summed E-state index contributed by atoms with van der Waals surface area (Å²) in [6, 6.07) is 25.3. The molecule has 1 aliphatic rings. The Labute approximate surface area is 171 Å². The summed E-state index contributed by atoms with van der Waals surface area (Å²) in [6.45, 7) is 3.59. The van der Waals surface area contributed by atoms with Gasteiger partial charge >= 0.3 is 6.09 Å². The fraction of sp³-hybridized carbons (Fsp3) is 0.240. The minimum Gasteiger partial charge on any atom is -0.449 e. The summed E-state index contributed by atoms with van der Waals surface area (Å²) >= 11 is 0. The van der Waals surface area contributed by atoms with E-state index >= 15 is 0 Å². The summed E-state index contributed by atoms with van der Waals surface area (Å²) in [6.07, 6.45) is -0.539. The number of nitrogens with one attached hydrogen (secondary N) is 1. The molecule has 1 aliphatic carbocycles. The van der Waals surface area contributed by atoms with Gasteiger partial charge in [-0.2, -0.15) is 0 Å². The van der Waals surface area contributed by atoms with Crippen LogP contribution < -0.4 is 5.32 Å². The van der Waals surface area contributed by atoms with Gasteiger partial charge in [0.15, 0.2) is 0 Å². The first-order chi connectivity index (χ1) is 13.9. The maximum absolute atomic E-state index is 12.6. The van der Waals surface area contributed by atoms with Gasteiger partial charge in [-0.15, -0.1) is 0 Å². The van der Waals surface area contributed by atoms with Crippen LogP contribution in [0.5, 0.6) is 0 Å². The molecule has 4 nitrogen and oxygen atoms in total. The number of carbonyl (C=O) groups is 1. The van der Waals surface area contributed by atoms with Crippen molar-refractivity contribution >= 4 is 6.09 Å². The Morgan fingerprint density at radius 1 is 0.931 bits per heavy atom. The summed E-state index contributed by atoms with van der Waals surface area (Å²) < 4.78 is 5.63. The topological polar surface area (TPSA) is 58.6 Å². The molecule has 0 aliphatic heterocycles. The SMILES string of the molecule is CC(C)(O)C(NC(=O)OCC1c2ccccc2-c2ccccc21)c1ccccc1. The number of hydrogen-bond donors (Lipinski definition) is 2. The van der Waals surface area contributed by atoms with E-state index in [1.807, 2.05) is 54.6 Å². The minimum absolute atomic E-state index is 0.00506. The third-order valence-electron chi connectivity index (χ3n) is 5.45. The van der Waals surface area contributed by atoms with E-state index in [1.54, 1.807) is 13.8 Å². The Morgan fingerprint density at radius 2 is 1.45 bits per heavy atom. The van der Waals surface area contributed by atoms with Crippen molar-refractivity contribution in [3.63, 3.8) is 0 Å². The fourth-order valence-electron chi connectivity index (χ4n) is 4.07. The lowest BCUT2D eigenvalue weighted by Gasteiger charge is -2.30. The zero-order valence-electron chi connectivity index (χ0n) is 16.6. The highest BCUT2D eigenvalue weighted by molar-refractivity contribution is 5.79. The molecule has 2 N–H and O–H groups in total. The van der Waals surface area contributed by atoms with Crippen LogP contribution >= 0.6 is 0 Å². The fourth-order valence-corrected chi connectivity index (χ4v) is 4.07. The molecule has 29 heavy (non-hydrogen) atoms. The average molecular weight is 387 g/mol. The van der Waals surface area contributed by atoms with Gasteiger partial charge in [-0.3, -0.25) is 0 Å². The van der Waals surface area contributed by atoms with Gasteiger partial charge in [-0.05, 0) is 41.7 Å². The lowest BCUT2D eigenvalue weighted by molar-refractivity contribution is 0.0336. The normalized spacial score (nSPS) is 14.0. The molecule has 148 valence electrons. The van der Waals surface area contributed by atoms with Crippen LogP contribution in [0.4, 0.5) is 4.79 Å². The molecule has 0 saturated heterocycles. The first-order valence-electron chi connectivity index (χ1n) is 9.84. The first kappa shape index (κ1) is 19.2. The van der Waals surface area contributed by atoms with Crippen LogP contribution in [0.2, 0.25) is 0 Å². The van der Waals surface area contributed by atoms with Crippen molar-refractivity contribution in [1.29, 1.82) is 0 Å². The van der Waals surface area contributed by atoms with Gasteiger partial charge in [0.2, 0.25) is 0 Å². The molecular formula is C25H25NO3. The van der Waals surface area contributed by atoms with Crippen molar-refractivity contribution in [2.24, 2.45) is 0 Å². The highest BCUT2D eigenvalue weighted by Crippen LogP contribution is 2.44. The van der Waals surface area contributed by atoms with Gasteiger partial charge < -0.3 is 15.2 Å². The molecule has 0 spiro atoms. The van der Waals surface area contributed by atoms with Crippen LogP contribution in [0.1, 0.15) is 42.5 Å². The van der Waals surface area contributed by atoms with Crippen molar-refractivity contribution < 1.29 is 14.6 Å².